The van der Waals surface area contributed by atoms with E-state index in [4.69, 9.17) is 11.6 Å². The van der Waals surface area contributed by atoms with E-state index in [9.17, 15) is 19.3 Å². The summed E-state index contributed by atoms with van der Waals surface area (Å²) < 4.78 is 13.5. The largest absolute Gasteiger partial charge is 0.339 e. The third kappa shape index (κ3) is 3.31. The second kappa shape index (κ2) is 5.33. The van der Waals surface area contributed by atoms with Crippen molar-refractivity contribution < 1.29 is 14.1 Å². The SMILES string of the molecule is CN(C)C(=O)Sc1c(F)cc(Cl)cc1[N+](=O)[O-]. The highest BCUT2D eigenvalue weighted by Crippen LogP contribution is 2.35. The summed E-state index contributed by atoms with van der Waals surface area (Å²) in [6, 6.07) is 1.94. The Morgan fingerprint density at radius 1 is 1.53 bits per heavy atom. The first-order valence-corrected chi connectivity index (χ1v) is 5.55. The molecule has 1 aromatic rings. The van der Waals surface area contributed by atoms with Crippen LogP contribution >= 0.6 is 23.4 Å². The van der Waals surface area contributed by atoms with E-state index >= 15 is 0 Å². The zero-order chi connectivity index (χ0) is 13.2. The number of thioether (sulfide) groups is 1. The van der Waals surface area contributed by atoms with Crippen molar-refractivity contribution in [3.8, 4) is 0 Å². The van der Waals surface area contributed by atoms with E-state index < -0.39 is 21.7 Å². The number of carbonyl (C=O) groups is 1. The van der Waals surface area contributed by atoms with Crippen LogP contribution in [0, 0.1) is 15.9 Å². The summed E-state index contributed by atoms with van der Waals surface area (Å²) >= 11 is 5.97. The Morgan fingerprint density at radius 2 is 2.12 bits per heavy atom. The van der Waals surface area contributed by atoms with Gasteiger partial charge < -0.3 is 4.90 Å². The summed E-state index contributed by atoms with van der Waals surface area (Å²) in [7, 11) is 2.93. The molecule has 0 aliphatic rings. The monoisotopic (exact) mass is 278 g/mol. The molecular formula is C9H8ClFN2O3S. The third-order valence-corrected chi connectivity index (χ3v) is 3.11. The minimum Gasteiger partial charge on any atom is -0.339 e. The van der Waals surface area contributed by atoms with E-state index in [1.54, 1.807) is 0 Å². The molecule has 0 atom stereocenters. The Kier molecular flexibility index (Phi) is 4.30. The number of hydrogen-bond acceptors (Lipinski definition) is 4. The highest BCUT2D eigenvalue weighted by molar-refractivity contribution is 8.13. The van der Waals surface area contributed by atoms with Crippen LogP contribution in [0.1, 0.15) is 0 Å². The number of amides is 1. The maximum atomic E-state index is 13.5. The first-order valence-electron chi connectivity index (χ1n) is 4.35. The average Bonchev–Trinajstić information content (AvgIpc) is 2.20. The van der Waals surface area contributed by atoms with Crippen molar-refractivity contribution in [2.24, 2.45) is 0 Å². The Morgan fingerprint density at radius 3 is 2.59 bits per heavy atom. The molecule has 8 heteroatoms. The van der Waals surface area contributed by atoms with Gasteiger partial charge in [-0.15, -0.1) is 0 Å². The van der Waals surface area contributed by atoms with Gasteiger partial charge in [0.1, 0.15) is 10.7 Å². The number of benzene rings is 1. The summed E-state index contributed by atoms with van der Waals surface area (Å²) in [5.74, 6) is -0.885. The second-order valence-corrected chi connectivity index (χ2v) is 4.65. The number of nitro benzene ring substituents is 1. The molecule has 92 valence electrons. The molecule has 0 aliphatic heterocycles. The zero-order valence-corrected chi connectivity index (χ0v) is 10.5. The third-order valence-electron chi connectivity index (χ3n) is 1.74. The van der Waals surface area contributed by atoms with Crippen LogP contribution in [0.5, 0.6) is 0 Å². The quantitative estimate of drug-likeness (QED) is 0.473. The number of hydrogen-bond donors (Lipinski definition) is 0. The van der Waals surface area contributed by atoms with E-state index in [0.717, 1.165) is 12.1 Å². The van der Waals surface area contributed by atoms with Crippen molar-refractivity contribution in [1.82, 2.24) is 4.90 Å². The van der Waals surface area contributed by atoms with Crippen LogP contribution in [0.3, 0.4) is 0 Å². The van der Waals surface area contributed by atoms with Gasteiger partial charge in [0, 0.05) is 20.2 Å². The van der Waals surface area contributed by atoms with Gasteiger partial charge in [0.2, 0.25) is 0 Å². The van der Waals surface area contributed by atoms with Crippen molar-refractivity contribution >= 4 is 34.3 Å². The molecule has 0 fully saturated rings. The van der Waals surface area contributed by atoms with Gasteiger partial charge in [-0.25, -0.2) is 4.39 Å². The van der Waals surface area contributed by atoms with E-state index in [1.807, 2.05) is 0 Å². The van der Waals surface area contributed by atoms with E-state index in [0.29, 0.717) is 11.8 Å². The van der Waals surface area contributed by atoms with E-state index in [2.05, 4.69) is 0 Å². The fourth-order valence-corrected chi connectivity index (χ4v) is 1.91. The summed E-state index contributed by atoms with van der Waals surface area (Å²) in [5, 5.41) is 10.1. The molecule has 1 aromatic carbocycles. The fraction of sp³-hybridized carbons (Fsp3) is 0.222. The molecule has 1 amide bonds. The summed E-state index contributed by atoms with van der Waals surface area (Å²) in [6.45, 7) is 0. The van der Waals surface area contributed by atoms with Crippen LogP contribution in [0.15, 0.2) is 17.0 Å². The van der Waals surface area contributed by atoms with Gasteiger partial charge in [-0.1, -0.05) is 11.6 Å². The Labute approximate surface area is 106 Å². The Bertz CT molecular complexity index is 482. The van der Waals surface area contributed by atoms with Gasteiger partial charge in [-0.05, 0) is 17.8 Å². The van der Waals surface area contributed by atoms with Crippen molar-refractivity contribution in [2.45, 2.75) is 4.90 Å². The minimum atomic E-state index is -0.885. The molecule has 0 radical (unpaired) electrons. The molecule has 0 saturated carbocycles. The number of nitrogens with zero attached hydrogens (tertiary/aromatic N) is 2. The van der Waals surface area contributed by atoms with Gasteiger partial charge in [-0.3, -0.25) is 14.9 Å². The molecular weight excluding hydrogens is 271 g/mol. The highest BCUT2D eigenvalue weighted by Gasteiger charge is 2.23. The van der Waals surface area contributed by atoms with Gasteiger partial charge in [0.25, 0.3) is 10.9 Å². The lowest BCUT2D eigenvalue weighted by Gasteiger charge is -2.09. The van der Waals surface area contributed by atoms with Crippen LogP contribution in [0.4, 0.5) is 14.9 Å². The molecule has 0 unspecified atom stereocenters. The zero-order valence-electron chi connectivity index (χ0n) is 8.94. The first-order chi connectivity index (χ1) is 7.82. The fourth-order valence-electron chi connectivity index (χ4n) is 0.962. The van der Waals surface area contributed by atoms with Crippen molar-refractivity contribution in [1.29, 1.82) is 0 Å². The lowest BCUT2D eigenvalue weighted by molar-refractivity contribution is -0.388. The average molecular weight is 279 g/mol. The molecule has 0 heterocycles. The molecule has 0 aromatic heterocycles. The standard InChI is InChI=1S/C9H8ClFN2O3S/c1-12(2)9(14)17-8-6(11)3-5(10)4-7(8)13(15)16/h3-4H,1-2H3. The molecule has 0 saturated heterocycles. The van der Waals surface area contributed by atoms with Gasteiger partial charge >= 0.3 is 0 Å². The topological polar surface area (TPSA) is 63.5 Å². The number of carbonyl (C=O) groups excluding carboxylic acids is 1. The number of halogens is 2. The predicted molar refractivity (Wildman–Crippen MR) is 63.0 cm³/mol. The van der Waals surface area contributed by atoms with Gasteiger partial charge in [-0.2, -0.15) is 0 Å². The Balaban J connectivity index is 3.22. The van der Waals surface area contributed by atoms with Crippen molar-refractivity contribution in [2.75, 3.05) is 14.1 Å². The van der Waals surface area contributed by atoms with Crippen LogP contribution < -0.4 is 0 Å². The highest BCUT2D eigenvalue weighted by atomic mass is 35.5. The van der Waals surface area contributed by atoms with Crippen LogP contribution in [-0.2, 0) is 0 Å². The minimum absolute atomic E-state index is 0.0872. The van der Waals surface area contributed by atoms with Crippen molar-refractivity contribution in [3.63, 3.8) is 0 Å². The molecule has 0 aliphatic carbocycles. The smallest absolute Gasteiger partial charge is 0.287 e. The summed E-state index contributed by atoms with van der Waals surface area (Å²) in [6.07, 6.45) is 0. The normalized spacial score (nSPS) is 10.1. The number of rotatable bonds is 2. The van der Waals surface area contributed by atoms with Gasteiger partial charge in [0.05, 0.1) is 9.95 Å². The number of nitro groups is 1. The van der Waals surface area contributed by atoms with Crippen LogP contribution in [0.25, 0.3) is 0 Å². The van der Waals surface area contributed by atoms with E-state index in [-0.39, 0.29) is 9.92 Å². The maximum Gasteiger partial charge on any atom is 0.287 e. The summed E-state index contributed by atoms with van der Waals surface area (Å²) in [4.78, 5) is 22.2. The van der Waals surface area contributed by atoms with Crippen LogP contribution in [-0.4, -0.2) is 29.2 Å². The molecule has 17 heavy (non-hydrogen) atoms. The van der Waals surface area contributed by atoms with Crippen LogP contribution in [0.2, 0.25) is 5.02 Å². The maximum absolute atomic E-state index is 13.5. The first kappa shape index (κ1) is 13.7. The van der Waals surface area contributed by atoms with E-state index in [1.165, 1.54) is 19.0 Å². The van der Waals surface area contributed by atoms with Gasteiger partial charge in [0.15, 0.2) is 0 Å². The lowest BCUT2D eigenvalue weighted by atomic mass is 10.3. The predicted octanol–water partition coefficient (Wildman–Crippen LogP) is 3.16. The molecule has 1 rings (SSSR count). The molecule has 0 spiro atoms. The molecule has 0 N–H and O–H groups in total. The lowest BCUT2D eigenvalue weighted by Crippen LogP contribution is -2.16. The van der Waals surface area contributed by atoms with Crippen molar-refractivity contribution in [3.05, 3.63) is 33.1 Å². The summed E-state index contributed by atoms with van der Waals surface area (Å²) in [5.41, 5.74) is -0.518. The molecule has 5 nitrogen and oxygen atoms in total. The second-order valence-electron chi connectivity index (χ2n) is 3.26. The Hall–Kier alpha value is -1.34. The molecule has 0 bridgehead atoms.